The zero-order valence-electron chi connectivity index (χ0n) is 26.9. The van der Waals surface area contributed by atoms with Gasteiger partial charge in [-0.25, -0.2) is 4.98 Å². The second kappa shape index (κ2) is 18.0. The Kier molecular flexibility index (Phi) is 13.8. The minimum absolute atomic E-state index is 0.0666. The van der Waals surface area contributed by atoms with Gasteiger partial charge in [-0.3, -0.25) is 0 Å². The molecule has 7 atom stereocenters. The van der Waals surface area contributed by atoms with Crippen molar-refractivity contribution in [2.24, 2.45) is 11.8 Å². The van der Waals surface area contributed by atoms with Gasteiger partial charge in [-0.15, -0.1) is 5.92 Å². The van der Waals surface area contributed by atoms with E-state index in [4.69, 9.17) is 10.5 Å². The first-order chi connectivity index (χ1) is 22.3. The van der Waals surface area contributed by atoms with E-state index in [9.17, 15) is 25.5 Å². The number of aromatic amines is 1. The number of ether oxygens (including phenoxy) is 1. The fourth-order valence-corrected chi connectivity index (χ4v) is 6.39. The van der Waals surface area contributed by atoms with Crippen molar-refractivity contribution >= 4 is 5.82 Å². The van der Waals surface area contributed by atoms with Crippen LogP contribution in [0, 0.1) is 23.7 Å². The van der Waals surface area contributed by atoms with E-state index >= 15 is 0 Å². The predicted octanol–water partition coefficient (Wildman–Crippen LogP) is 4.87. The molecule has 0 unspecified atom stereocenters. The van der Waals surface area contributed by atoms with Gasteiger partial charge >= 0.3 is 0 Å². The Balaban J connectivity index is 1.49. The molecule has 2 heterocycles. The number of aromatic nitrogens is 2. The summed E-state index contributed by atoms with van der Waals surface area (Å²) in [5.41, 5.74) is 8.81. The summed E-state index contributed by atoms with van der Waals surface area (Å²) in [4.78, 5) is 7.36. The lowest BCUT2D eigenvalue weighted by molar-refractivity contribution is 0.00552. The largest absolute Gasteiger partial charge is 0.504 e. The smallest absolute Gasteiger partial charge is 0.161 e. The number of hydrogen-bond acceptors (Lipinski definition) is 8. The third kappa shape index (κ3) is 10.5. The molecule has 2 aromatic heterocycles. The summed E-state index contributed by atoms with van der Waals surface area (Å²) in [5.74, 6) is 7.07. The van der Waals surface area contributed by atoms with Gasteiger partial charge in [-0.1, -0.05) is 31.8 Å². The lowest BCUT2D eigenvalue weighted by atomic mass is 9.85. The number of nitrogen functional groups attached to an aromatic ring is 1. The Bertz CT molecular complexity index is 1390. The highest BCUT2D eigenvalue weighted by Crippen LogP contribution is 2.34. The molecule has 0 saturated carbocycles. The molecule has 0 bridgehead atoms. The number of anilines is 1. The van der Waals surface area contributed by atoms with Crippen molar-refractivity contribution in [2.45, 2.75) is 108 Å². The Labute approximate surface area is 272 Å². The molecule has 0 radical (unpaired) electrons. The number of aliphatic hydroxyl groups excluding tert-OH is 4. The maximum absolute atomic E-state index is 11.2. The van der Waals surface area contributed by atoms with Crippen LogP contribution in [0.2, 0.25) is 0 Å². The SMILES string of the molecule is CC[C@@H]1C#CC[C@H]([C@H](O)CCc2ccc(O)c(O[C@H](C[C@H](Cc3ccc[nH]3)c3ccnc(N)c3)[C@H](O)CCO)c2)[C@@H](O)CCCC1. The Morgan fingerprint density at radius 1 is 1.11 bits per heavy atom. The van der Waals surface area contributed by atoms with Crippen molar-refractivity contribution < 1.29 is 30.3 Å². The summed E-state index contributed by atoms with van der Waals surface area (Å²) in [6.07, 6.45) is 7.59. The summed E-state index contributed by atoms with van der Waals surface area (Å²) in [6, 6.07) is 12.7. The van der Waals surface area contributed by atoms with E-state index in [0.29, 0.717) is 50.3 Å². The summed E-state index contributed by atoms with van der Waals surface area (Å²) < 4.78 is 6.33. The summed E-state index contributed by atoms with van der Waals surface area (Å²) in [5, 5.41) is 53.5. The van der Waals surface area contributed by atoms with Gasteiger partial charge in [0.05, 0.1) is 18.3 Å². The highest BCUT2D eigenvalue weighted by molar-refractivity contribution is 5.42. The van der Waals surface area contributed by atoms with Gasteiger partial charge in [0.1, 0.15) is 11.9 Å². The minimum atomic E-state index is -0.997. The van der Waals surface area contributed by atoms with Crippen LogP contribution in [0.15, 0.2) is 54.9 Å². The second-order valence-corrected chi connectivity index (χ2v) is 12.6. The lowest BCUT2D eigenvalue weighted by Gasteiger charge is -2.29. The first-order valence-corrected chi connectivity index (χ1v) is 16.7. The van der Waals surface area contributed by atoms with Crippen LogP contribution in [0.25, 0.3) is 0 Å². The number of pyridine rings is 1. The third-order valence-corrected chi connectivity index (χ3v) is 9.24. The van der Waals surface area contributed by atoms with Gasteiger partial charge in [-0.05, 0) is 98.4 Å². The number of benzene rings is 1. The van der Waals surface area contributed by atoms with Crippen LogP contribution in [0.3, 0.4) is 0 Å². The van der Waals surface area contributed by atoms with Crippen LogP contribution in [0.1, 0.15) is 87.4 Å². The van der Waals surface area contributed by atoms with E-state index in [0.717, 1.165) is 42.5 Å². The lowest BCUT2D eigenvalue weighted by Crippen LogP contribution is -2.34. The van der Waals surface area contributed by atoms with Crippen molar-refractivity contribution in [2.75, 3.05) is 12.3 Å². The van der Waals surface area contributed by atoms with E-state index in [-0.39, 0.29) is 36.4 Å². The van der Waals surface area contributed by atoms with Crippen LogP contribution < -0.4 is 10.5 Å². The molecule has 1 aliphatic rings. The number of nitrogens with zero attached hydrogens (tertiary/aromatic N) is 1. The fraction of sp³-hybridized carbons (Fsp3) is 0.541. The number of rotatable bonds is 15. The van der Waals surface area contributed by atoms with Crippen LogP contribution in [0.4, 0.5) is 5.82 Å². The molecule has 0 aliphatic heterocycles. The molecule has 4 rings (SSSR count). The monoisotopic (exact) mass is 633 g/mol. The molecular weight excluding hydrogens is 582 g/mol. The maximum Gasteiger partial charge on any atom is 0.161 e. The molecule has 0 fully saturated rings. The van der Waals surface area contributed by atoms with Crippen molar-refractivity contribution in [3.63, 3.8) is 0 Å². The van der Waals surface area contributed by atoms with E-state index in [1.54, 1.807) is 24.4 Å². The standard InChI is InChI=1S/C37H51N3O6/c1-2-25-7-3-4-11-31(42)30(10-5-8-25)32(43)14-12-26-13-15-33(44)35(21-26)46-36(34(45)17-20-41)23-28(22-29-9-6-18-39-29)27-16-19-40-37(38)24-27/h6,9,13,15-16,18-19,21,24-25,28,30-32,34,36,39,41-45H,2-4,7,10-12,14,17,20,22-23H2,1H3,(H2,38,40)/t25-,28-,30-,31-,32+,34+,36+/m0/s1. The van der Waals surface area contributed by atoms with Gasteiger partial charge in [-0.2, -0.15) is 0 Å². The zero-order chi connectivity index (χ0) is 32.9. The van der Waals surface area contributed by atoms with Crippen molar-refractivity contribution in [1.82, 2.24) is 9.97 Å². The van der Waals surface area contributed by atoms with Gasteiger partial charge in [0.25, 0.3) is 0 Å². The van der Waals surface area contributed by atoms with E-state index in [1.807, 2.05) is 30.5 Å². The molecule has 1 aromatic carbocycles. The first-order valence-electron chi connectivity index (χ1n) is 16.7. The molecule has 3 aromatic rings. The molecule has 8 N–H and O–H groups in total. The highest BCUT2D eigenvalue weighted by atomic mass is 16.5. The molecule has 0 saturated heterocycles. The van der Waals surface area contributed by atoms with Gasteiger partial charge in [0.15, 0.2) is 11.5 Å². The number of aryl methyl sites for hydroxylation is 1. The molecule has 9 nitrogen and oxygen atoms in total. The first kappa shape index (κ1) is 35.3. The number of nitrogens with one attached hydrogen (secondary N) is 1. The van der Waals surface area contributed by atoms with Crippen LogP contribution in [-0.4, -0.2) is 66.5 Å². The molecule has 46 heavy (non-hydrogen) atoms. The average molecular weight is 634 g/mol. The number of H-pyrrole nitrogens is 1. The number of aliphatic hydroxyl groups is 4. The number of aromatic hydroxyl groups is 1. The Morgan fingerprint density at radius 2 is 1.93 bits per heavy atom. The third-order valence-electron chi connectivity index (χ3n) is 9.24. The van der Waals surface area contributed by atoms with E-state index in [2.05, 4.69) is 28.7 Å². The normalized spacial score (nSPS) is 21.4. The van der Waals surface area contributed by atoms with E-state index in [1.165, 1.54) is 0 Å². The van der Waals surface area contributed by atoms with Crippen LogP contribution in [-0.2, 0) is 12.8 Å². The maximum atomic E-state index is 11.2. The van der Waals surface area contributed by atoms with Gasteiger partial charge in [0, 0.05) is 49.4 Å². The number of phenolic OH excluding ortho intramolecular Hbond substituents is 1. The predicted molar refractivity (Wildman–Crippen MR) is 179 cm³/mol. The summed E-state index contributed by atoms with van der Waals surface area (Å²) >= 11 is 0. The average Bonchev–Trinajstić information content (AvgIpc) is 3.56. The number of nitrogens with two attached hydrogens (primary N) is 1. The number of hydrogen-bond donors (Lipinski definition) is 7. The highest BCUT2D eigenvalue weighted by Gasteiger charge is 2.29. The Morgan fingerprint density at radius 3 is 2.67 bits per heavy atom. The van der Waals surface area contributed by atoms with Crippen molar-refractivity contribution in [3.05, 3.63) is 71.7 Å². The Hall–Kier alpha value is -3.55. The van der Waals surface area contributed by atoms with Crippen molar-refractivity contribution in [1.29, 1.82) is 0 Å². The molecular formula is C37H51N3O6. The van der Waals surface area contributed by atoms with E-state index < -0.39 is 24.4 Å². The summed E-state index contributed by atoms with van der Waals surface area (Å²) in [7, 11) is 0. The molecule has 9 heteroatoms. The minimum Gasteiger partial charge on any atom is -0.504 e. The van der Waals surface area contributed by atoms with Crippen LogP contribution >= 0.6 is 0 Å². The summed E-state index contributed by atoms with van der Waals surface area (Å²) in [6.45, 7) is 1.93. The zero-order valence-corrected chi connectivity index (χ0v) is 26.9. The molecule has 1 aliphatic carbocycles. The quantitative estimate of drug-likeness (QED) is 0.117. The van der Waals surface area contributed by atoms with Crippen molar-refractivity contribution in [3.8, 4) is 23.3 Å². The second-order valence-electron chi connectivity index (χ2n) is 12.6. The fourth-order valence-electron chi connectivity index (χ4n) is 6.39. The molecule has 0 amide bonds. The topological polar surface area (TPSA) is 165 Å². The van der Waals surface area contributed by atoms with Crippen LogP contribution in [0.5, 0.6) is 11.5 Å². The molecule has 0 spiro atoms. The van der Waals surface area contributed by atoms with Gasteiger partial charge in [0.2, 0.25) is 0 Å². The molecule has 250 valence electrons. The van der Waals surface area contributed by atoms with Gasteiger partial charge < -0.3 is 41.0 Å². The number of phenols is 1.